The molecule has 3 rings (SSSR count). The molecule has 1 heterocycles. The van der Waals surface area contributed by atoms with Crippen LogP contribution in [-0.2, 0) is 6.42 Å². The SMILES string of the molecule is Cc1ccc(NCC2Cc3ccccc3S2)cc1. The van der Waals surface area contributed by atoms with Crippen LogP contribution in [0.5, 0.6) is 0 Å². The summed E-state index contributed by atoms with van der Waals surface area (Å²) in [5.74, 6) is 0. The van der Waals surface area contributed by atoms with Gasteiger partial charge >= 0.3 is 0 Å². The fraction of sp³-hybridized carbons (Fsp3) is 0.250. The van der Waals surface area contributed by atoms with Crippen LogP contribution >= 0.6 is 11.8 Å². The Morgan fingerprint density at radius 3 is 2.67 bits per heavy atom. The Labute approximate surface area is 113 Å². The molecular weight excluding hydrogens is 238 g/mol. The molecule has 2 heteroatoms. The minimum Gasteiger partial charge on any atom is -0.384 e. The highest BCUT2D eigenvalue weighted by Crippen LogP contribution is 2.36. The zero-order valence-corrected chi connectivity index (χ0v) is 11.3. The van der Waals surface area contributed by atoms with Crippen molar-refractivity contribution in [3.05, 3.63) is 59.7 Å². The Kier molecular flexibility index (Phi) is 3.28. The summed E-state index contributed by atoms with van der Waals surface area (Å²) in [5.41, 5.74) is 4.03. The number of hydrogen-bond donors (Lipinski definition) is 1. The molecule has 1 N–H and O–H groups in total. The quantitative estimate of drug-likeness (QED) is 0.885. The summed E-state index contributed by atoms with van der Waals surface area (Å²) in [7, 11) is 0. The average Bonchev–Trinajstić information content (AvgIpc) is 2.81. The molecule has 2 aromatic carbocycles. The molecule has 0 aromatic heterocycles. The van der Waals surface area contributed by atoms with E-state index in [1.54, 1.807) is 0 Å². The van der Waals surface area contributed by atoms with E-state index in [1.165, 1.54) is 28.1 Å². The summed E-state index contributed by atoms with van der Waals surface area (Å²) < 4.78 is 0. The number of hydrogen-bond acceptors (Lipinski definition) is 2. The lowest BCUT2D eigenvalue weighted by atomic mass is 10.1. The van der Waals surface area contributed by atoms with Crippen molar-refractivity contribution in [1.29, 1.82) is 0 Å². The number of anilines is 1. The first-order valence-corrected chi connectivity index (χ1v) is 7.24. The van der Waals surface area contributed by atoms with Crippen LogP contribution in [-0.4, -0.2) is 11.8 Å². The maximum atomic E-state index is 3.53. The second kappa shape index (κ2) is 5.07. The first-order chi connectivity index (χ1) is 8.81. The molecule has 0 fully saturated rings. The molecule has 1 atom stereocenters. The normalized spacial score (nSPS) is 17.5. The van der Waals surface area contributed by atoms with Crippen LogP contribution in [0.4, 0.5) is 5.69 Å². The molecular formula is C16H17NS. The Morgan fingerprint density at radius 2 is 1.89 bits per heavy atom. The summed E-state index contributed by atoms with van der Waals surface area (Å²) in [6.07, 6.45) is 1.18. The molecule has 1 aliphatic heterocycles. The van der Waals surface area contributed by atoms with Gasteiger partial charge in [0.05, 0.1) is 0 Å². The predicted molar refractivity (Wildman–Crippen MR) is 79.5 cm³/mol. The minimum atomic E-state index is 0.656. The molecule has 0 radical (unpaired) electrons. The maximum Gasteiger partial charge on any atom is 0.0340 e. The van der Waals surface area contributed by atoms with Gasteiger partial charge in [-0.05, 0) is 37.1 Å². The smallest absolute Gasteiger partial charge is 0.0340 e. The van der Waals surface area contributed by atoms with Crippen LogP contribution in [0.3, 0.4) is 0 Å². The van der Waals surface area contributed by atoms with Gasteiger partial charge in [-0.2, -0.15) is 0 Å². The third-order valence-electron chi connectivity index (χ3n) is 3.30. The number of benzene rings is 2. The molecule has 1 unspecified atom stereocenters. The van der Waals surface area contributed by atoms with Crippen molar-refractivity contribution in [2.45, 2.75) is 23.5 Å². The number of rotatable bonds is 3. The van der Waals surface area contributed by atoms with E-state index < -0.39 is 0 Å². The summed E-state index contributed by atoms with van der Waals surface area (Å²) in [5, 5.41) is 4.18. The third-order valence-corrected chi connectivity index (χ3v) is 4.62. The Balaban J connectivity index is 1.58. The number of thioether (sulfide) groups is 1. The molecule has 0 saturated carbocycles. The highest BCUT2D eigenvalue weighted by Gasteiger charge is 2.21. The fourth-order valence-corrected chi connectivity index (χ4v) is 3.52. The summed E-state index contributed by atoms with van der Waals surface area (Å²) in [6, 6.07) is 17.3. The highest BCUT2D eigenvalue weighted by molar-refractivity contribution is 8.00. The van der Waals surface area contributed by atoms with Crippen LogP contribution in [0.15, 0.2) is 53.4 Å². The summed E-state index contributed by atoms with van der Waals surface area (Å²) in [6.45, 7) is 3.15. The van der Waals surface area contributed by atoms with Crippen LogP contribution in [0, 0.1) is 6.92 Å². The van der Waals surface area contributed by atoms with Gasteiger partial charge in [0.1, 0.15) is 0 Å². The van der Waals surface area contributed by atoms with E-state index in [0.29, 0.717) is 5.25 Å². The van der Waals surface area contributed by atoms with Crippen molar-refractivity contribution in [3.63, 3.8) is 0 Å². The lowest BCUT2D eigenvalue weighted by Crippen LogP contribution is -2.15. The lowest BCUT2D eigenvalue weighted by molar-refractivity contribution is 0.899. The molecule has 0 saturated heterocycles. The van der Waals surface area contributed by atoms with E-state index in [-0.39, 0.29) is 0 Å². The molecule has 92 valence electrons. The molecule has 0 aliphatic carbocycles. The maximum absolute atomic E-state index is 3.53. The second-order valence-corrected chi connectivity index (χ2v) is 6.14. The zero-order valence-electron chi connectivity index (χ0n) is 10.5. The predicted octanol–water partition coefficient (Wildman–Crippen LogP) is 4.12. The number of nitrogens with one attached hydrogen (secondary N) is 1. The van der Waals surface area contributed by atoms with E-state index >= 15 is 0 Å². The fourth-order valence-electron chi connectivity index (χ4n) is 2.27. The highest BCUT2D eigenvalue weighted by atomic mass is 32.2. The van der Waals surface area contributed by atoms with Crippen LogP contribution < -0.4 is 5.32 Å². The van der Waals surface area contributed by atoms with Crippen molar-refractivity contribution in [2.24, 2.45) is 0 Å². The van der Waals surface area contributed by atoms with Gasteiger partial charge in [0, 0.05) is 22.4 Å². The first kappa shape index (κ1) is 11.7. The van der Waals surface area contributed by atoms with Gasteiger partial charge in [0.15, 0.2) is 0 Å². The van der Waals surface area contributed by atoms with Crippen molar-refractivity contribution in [3.8, 4) is 0 Å². The van der Waals surface area contributed by atoms with E-state index in [2.05, 4.69) is 60.8 Å². The number of fused-ring (bicyclic) bond motifs is 1. The molecule has 0 bridgehead atoms. The molecule has 0 amide bonds. The topological polar surface area (TPSA) is 12.0 Å². The van der Waals surface area contributed by atoms with E-state index in [9.17, 15) is 0 Å². The monoisotopic (exact) mass is 255 g/mol. The number of aryl methyl sites for hydroxylation is 1. The first-order valence-electron chi connectivity index (χ1n) is 6.36. The second-order valence-electron chi connectivity index (χ2n) is 4.80. The van der Waals surface area contributed by atoms with Crippen molar-refractivity contribution in [1.82, 2.24) is 0 Å². The largest absolute Gasteiger partial charge is 0.384 e. The molecule has 1 aliphatic rings. The Hall–Kier alpha value is -1.41. The van der Waals surface area contributed by atoms with Gasteiger partial charge in [-0.3, -0.25) is 0 Å². The lowest BCUT2D eigenvalue weighted by Gasteiger charge is -2.11. The van der Waals surface area contributed by atoms with Crippen molar-refractivity contribution < 1.29 is 0 Å². The zero-order chi connectivity index (χ0) is 12.4. The Morgan fingerprint density at radius 1 is 1.11 bits per heavy atom. The van der Waals surface area contributed by atoms with Crippen LogP contribution in [0.1, 0.15) is 11.1 Å². The molecule has 2 aromatic rings. The van der Waals surface area contributed by atoms with Gasteiger partial charge in [-0.1, -0.05) is 35.9 Å². The Bertz CT molecular complexity index is 508. The van der Waals surface area contributed by atoms with E-state index in [4.69, 9.17) is 0 Å². The average molecular weight is 255 g/mol. The third kappa shape index (κ3) is 2.54. The van der Waals surface area contributed by atoms with Gasteiger partial charge in [0.2, 0.25) is 0 Å². The molecule has 0 spiro atoms. The summed E-state index contributed by atoms with van der Waals surface area (Å²) in [4.78, 5) is 1.45. The van der Waals surface area contributed by atoms with Gasteiger partial charge < -0.3 is 5.32 Å². The van der Waals surface area contributed by atoms with Crippen molar-refractivity contribution in [2.75, 3.05) is 11.9 Å². The molecule has 18 heavy (non-hydrogen) atoms. The van der Waals surface area contributed by atoms with Gasteiger partial charge in [-0.15, -0.1) is 11.8 Å². The van der Waals surface area contributed by atoms with E-state index in [0.717, 1.165) is 6.54 Å². The van der Waals surface area contributed by atoms with Gasteiger partial charge in [0.25, 0.3) is 0 Å². The van der Waals surface area contributed by atoms with E-state index in [1.807, 2.05) is 11.8 Å². The van der Waals surface area contributed by atoms with Crippen molar-refractivity contribution >= 4 is 17.4 Å². The standard InChI is InChI=1S/C16H17NS/c1-12-6-8-14(9-7-12)17-11-15-10-13-4-2-3-5-16(13)18-15/h2-9,15,17H,10-11H2,1H3. The van der Waals surface area contributed by atoms with Crippen LogP contribution in [0.2, 0.25) is 0 Å². The van der Waals surface area contributed by atoms with Crippen LogP contribution in [0.25, 0.3) is 0 Å². The minimum absolute atomic E-state index is 0.656. The molecule has 1 nitrogen and oxygen atoms in total. The van der Waals surface area contributed by atoms with Gasteiger partial charge in [-0.25, -0.2) is 0 Å². The summed E-state index contributed by atoms with van der Waals surface area (Å²) >= 11 is 2.00.